The molecule has 0 saturated carbocycles. The van der Waals surface area contributed by atoms with E-state index in [1.165, 1.54) is 11.1 Å². The first-order chi connectivity index (χ1) is 9.86. The number of nitrogens with one attached hydrogen (secondary N) is 2. The van der Waals surface area contributed by atoms with E-state index in [1.807, 2.05) is 0 Å². The first-order valence-electron chi connectivity index (χ1n) is 7.43. The lowest BCUT2D eigenvalue weighted by Crippen LogP contribution is -2.35. The molecule has 2 aromatic rings. The lowest BCUT2D eigenvalue weighted by atomic mass is 9.93. The summed E-state index contributed by atoms with van der Waals surface area (Å²) in [7, 11) is 0. The summed E-state index contributed by atoms with van der Waals surface area (Å²) in [5.74, 6) is 0. The van der Waals surface area contributed by atoms with Gasteiger partial charge in [0, 0.05) is 0 Å². The van der Waals surface area contributed by atoms with E-state index >= 15 is 0 Å². The Kier molecular flexibility index (Phi) is 5.78. The molecule has 2 nitrogen and oxygen atoms in total. The monoisotopic (exact) mass is 268 g/mol. The lowest BCUT2D eigenvalue weighted by Gasteiger charge is -2.29. The zero-order valence-corrected chi connectivity index (χ0v) is 12.3. The van der Waals surface area contributed by atoms with Crippen LogP contribution in [-0.2, 0) is 0 Å². The molecule has 0 aliphatic rings. The number of likely N-dealkylation sites (N-methyl/N-ethyl adjacent to an activating group) is 2. The number of hydrogen-bond donors (Lipinski definition) is 2. The fourth-order valence-corrected chi connectivity index (χ4v) is 2.62. The van der Waals surface area contributed by atoms with E-state index < -0.39 is 0 Å². The van der Waals surface area contributed by atoms with E-state index in [2.05, 4.69) is 85.1 Å². The van der Waals surface area contributed by atoms with Gasteiger partial charge in [-0.1, -0.05) is 74.5 Å². The van der Waals surface area contributed by atoms with Gasteiger partial charge in [0.25, 0.3) is 0 Å². The zero-order valence-electron chi connectivity index (χ0n) is 12.3. The van der Waals surface area contributed by atoms with Crippen LogP contribution in [0.3, 0.4) is 0 Å². The van der Waals surface area contributed by atoms with Crippen molar-refractivity contribution in [3.8, 4) is 0 Å². The van der Waals surface area contributed by atoms with Gasteiger partial charge >= 0.3 is 0 Å². The van der Waals surface area contributed by atoms with Crippen molar-refractivity contribution in [3.05, 3.63) is 71.8 Å². The van der Waals surface area contributed by atoms with Gasteiger partial charge in [-0.3, -0.25) is 0 Å². The highest BCUT2D eigenvalue weighted by atomic mass is 15.0. The quantitative estimate of drug-likeness (QED) is 0.800. The molecule has 0 aliphatic heterocycles. The molecule has 106 valence electrons. The summed E-state index contributed by atoms with van der Waals surface area (Å²) in [6.07, 6.45) is 0. The smallest absolute Gasteiger partial charge is 0.0518 e. The predicted octanol–water partition coefficient (Wildman–Crippen LogP) is 3.69. The topological polar surface area (TPSA) is 24.1 Å². The minimum Gasteiger partial charge on any atom is -0.309 e. The number of benzene rings is 2. The van der Waals surface area contributed by atoms with Crippen molar-refractivity contribution in [1.82, 2.24) is 10.6 Å². The van der Waals surface area contributed by atoms with E-state index in [0.29, 0.717) is 0 Å². The van der Waals surface area contributed by atoms with Gasteiger partial charge in [0.05, 0.1) is 12.1 Å². The van der Waals surface area contributed by atoms with Gasteiger partial charge in [0.2, 0.25) is 0 Å². The molecule has 0 amide bonds. The first-order valence-corrected chi connectivity index (χ1v) is 7.43. The molecule has 2 rings (SSSR count). The maximum atomic E-state index is 3.62. The van der Waals surface area contributed by atoms with Gasteiger partial charge in [-0.2, -0.15) is 0 Å². The van der Waals surface area contributed by atoms with Crippen LogP contribution < -0.4 is 10.6 Å². The van der Waals surface area contributed by atoms with Crippen LogP contribution in [-0.4, -0.2) is 13.1 Å². The molecule has 2 N–H and O–H groups in total. The summed E-state index contributed by atoms with van der Waals surface area (Å²) >= 11 is 0. The zero-order chi connectivity index (χ0) is 14.2. The molecule has 2 heteroatoms. The average molecular weight is 268 g/mol. The highest BCUT2D eigenvalue weighted by Crippen LogP contribution is 2.28. The lowest BCUT2D eigenvalue weighted by molar-refractivity contribution is 0.398. The van der Waals surface area contributed by atoms with Crippen LogP contribution in [0.25, 0.3) is 0 Å². The van der Waals surface area contributed by atoms with Gasteiger partial charge < -0.3 is 10.6 Å². The fourth-order valence-electron chi connectivity index (χ4n) is 2.62. The molecule has 0 fully saturated rings. The molecule has 20 heavy (non-hydrogen) atoms. The van der Waals surface area contributed by atoms with Crippen LogP contribution >= 0.6 is 0 Å². The molecule has 0 aliphatic carbocycles. The van der Waals surface area contributed by atoms with Crippen LogP contribution in [0.2, 0.25) is 0 Å². The Morgan fingerprint density at radius 2 is 1.00 bits per heavy atom. The number of rotatable bonds is 7. The molecule has 0 aromatic heterocycles. The summed E-state index contributed by atoms with van der Waals surface area (Å²) in [5, 5.41) is 7.24. The van der Waals surface area contributed by atoms with Crippen LogP contribution in [0.5, 0.6) is 0 Å². The van der Waals surface area contributed by atoms with Crippen molar-refractivity contribution >= 4 is 0 Å². The molecule has 0 heterocycles. The van der Waals surface area contributed by atoms with Crippen molar-refractivity contribution in [2.75, 3.05) is 13.1 Å². The van der Waals surface area contributed by atoms with E-state index in [0.717, 1.165) is 13.1 Å². The molecule has 2 aromatic carbocycles. The summed E-state index contributed by atoms with van der Waals surface area (Å²) in [6.45, 7) is 6.22. The maximum Gasteiger partial charge on any atom is 0.0518 e. The van der Waals surface area contributed by atoms with E-state index in [4.69, 9.17) is 0 Å². The second-order valence-electron chi connectivity index (χ2n) is 4.89. The Morgan fingerprint density at radius 1 is 0.650 bits per heavy atom. The molecular weight excluding hydrogens is 244 g/mol. The molecule has 2 atom stereocenters. The second-order valence-corrected chi connectivity index (χ2v) is 4.89. The van der Waals surface area contributed by atoms with Gasteiger partial charge in [-0.05, 0) is 24.2 Å². The highest BCUT2D eigenvalue weighted by Gasteiger charge is 2.22. The molecule has 0 radical (unpaired) electrons. The van der Waals surface area contributed by atoms with Crippen molar-refractivity contribution in [1.29, 1.82) is 0 Å². The van der Waals surface area contributed by atoms with Crippen LogP contribution in [0.4, 0.5) is 0 Å². The summed E-state index contributed by atoms with van der Waals surface area (Å²) in [6, 6.07) is 21.9. The largest absolute Gasteiger partial charge is 0.309 e. The van der Waals surface area contributed by atoms with Crippen LogP contribution in [0.15, 0.2) is 60.7 Å². The van der Waals surface area contributed by atoms with E-state index in [-0.39, 0.29) is 12.1 Å². The Labute approximate surface area is 122 Å². The predicted molar refractivity (Wildman–Crippen MR) is 85.7 cm³/mol. The Bertz CT molecular complexity index is 434. The third-order valence-corrected chi connectivity index (χ3v) is 3.50. The third-order valence-electron chi connectivity index (χ3n) is 3.50. The Morgan fingerprint density at radius 3 is 1.30 bits per heavy atom. The van der Waals surface area contributed by atoms with Gasteiger partial charge in [-0.25, -0.2) is 0 Å². The Hall–Kier alpha value is -1.64. The molecule has 0 saturated heterocycles. The number of hydrogen-bond acceptors (Lipinski definition) is 2. The van der Waals surface area contributed by atoms with E-state index in [9.17, 15) is 0 Å². The third kappa shape index (κ3) is 3.69. The standard InChI is InChI=1S/C18H24N2/c1-3-19-17(15-11-7-5-8-12-15)18(20-4-2)16-13-9-6-10-14-16/h5-14,17-20H,3-4H2,1-2H3. The van der Waals surface area contributed by atoms with Crippen molar-refractivity contribution < 1.29 is 0 Å². The SMILES string of the molecule is CCNC(c1ccccc1)C(NCC)c1ccccc1. The average Bonchev–Trinajstić information content (AvgIpc) is 2.52. The minimum absolute atomic E-state index is 0.281. The van der Waals surface area contributed by atoms with Crippen molar-refractivity contribution in [3.63, 3.8) is 0 Å². The van der Waals surface area contributed by atoms with E-state index in [1.54, 1.807) is 0 Å². The van der Waals surface area contributed by atoms with Crippen molar-refractivity contribution in [2.24, 2.45) is 0 Å². The van der Waals surface area contributed by atoms with Gasteiger partial charge in [-0.15, -0.1) is 0 Å². The van der Waals surface area contributed by atoms with Gasteiger partial charge in [0.15, 0.2) is 0 Å². The van der Waals surface area contributed by atoms with Crippen molar-refractivity contribution in [2.45, 2.75) is 25.9 Å². The molecule has 2 unspecified atom stereocenters. The van der Waals surface area contributed by atoms with Crippen LogP contribution in [0.1, 0.15) is 37.1 Å². The first kappa shape index (κ1) is 14.8. The summed E-state index contributed by atoms with van der Waals surface area (Å²) < 4.78 is 0. The second kappa shape index (κ2) is 7.83. The summed E-state index contributed by atoms with van der Waals surface area (Å²) in [5.41, 5.74) is 2.65. The van der Waals surface area contributed by atoms with Gasteiger partial charge in [0.1, 0.15) is 0 Å². The molecule has 0 bridgehead atoms. The fraction of sp³-hybridized carbons (Fsp3) is 0.333. The molecule has 0 spiro atoms. The molecular formula is C18H24N2. The Balaban J connectivity index is 2.33. The normalized spacial score (nSPS) is 13.9. The minimum atomic E-state index is 0.281. The summed E-state index contributed by atoms with van der Waals surface area (Å²) in [4.78, 5) is 0. The van der Waals surface area contributed by atoms with Crippen LogP contribution in [0, 0.1) is 0 Å². The maximum absolute atomic E-state index is 3.62. The highest BCUT2D eigenvalue weighted by molar-refractivity contribution is 5.27.